The molecule has 0 atom stereocenters. The summed E-state index contributed by atoms with van der Waals surface area (Å²) in [6.45, 7) is 7.05. The fraction of sp³-hybridized carbons (Fsp3) is 0.450. The van der Waals surface area contributed by atoms with Crippen LogP contribution < -0.4 is 9.74 Å². The van der Waals surface area contributed by atoms with Crippen molar-refractivity contribution in [3.8, 4) is 5.75 Å². The molecular formula is C20H24N2O7S2. The molecule has 11 heteroatoms. The summed E-state index contributed by atoms with van der Waals surface area (Å²) in [4.78, 5) is 26.4. The van der Waals surface area contributed by atoms with Crippen molar-refractivity contribution in [1.82, 2.24) is 9.78 Å². The molecule has 0 amide bonds. The van der Waals surface area contributed by atoms with Crippen molar-refractivity contribution in [2.24, 2.45) is 7.05 Å². The molecule has 168 valence electrons. The lowest BCUT2D eigenvalue weighted by Gasteiger charge is -2.35. The van der Waals surface area contributed by atoms with Crippen LogP contribution in [0.15, 0.2) is 22.0 Å². The van der Waals surface area contributed by atoms with E-state index in [1.54, 1.807) is 13.8 Å². The van der Waals surface area contributed by atoms with Gasteiger partial charge in [-0.05, 0) is 48.4 Å². The molecule has 1 aromatic heterocycles. The molecule has 2 heterocycles. The quantitative estimate of drug-likeness (QED) is 0.487. The lowest BCUT2D eigenvalue weighted by Crippen LogP contribution is -2.33. The van der Waals surface area contributed by atoms with Gasteiger partial charge in [-0.1, -0.05) is 13.8 Å². The van der Waals surface area contributed by atoms with E-state index >= 15 is 0 Å². The summed E-state index contributed by atoms with van der Waals surface area (Å²) in [5, 5.41) is 3.74. The van der Waals surface area contributed by atoms with Crippen LogP contribution in [0, 0.1) is 13.8 Å². The number of carbonyl (C=O) groups excluding carboxylic acids is 1. The number of carbonyl (C=O) groups is 1. The number of sulfone groups is 1. The first kappa shape index (κ1) is 23.1. The maximum Gasteiger partial charge on any atom is 0.306 e. The Hall–Kier alpha value is -2.53. The Balaban J connectivity index is 2.35. The van der Waals surface area contributed by atoms with Gasteiger partial charge in [0.25, 0.3) is 5.56 Å². The molecule has 0 radical (unpaired) electrons. The van der Waals surface area contributed by atoms with Gasteiger partial charge in [0.2, 0.25) is 5.78 Å². The van der Waals surface area contributed by atoms with Gasteiger partial charge in [-0.25, -0.2) is 13.1 Å². The highest BCUT2D eigenvalue weighted by Crippen LogP contribution is 2.43. The smallest absolute Gasteiger partial charge is 0.306 e. The van der Waals surface area contributed by atoms with Crippen LogP contribution in [0.25, 0.3) is 0 Å². The first-order chi connectivity index (χ1) is 14.1. The third-order valence-corrected chi connectivity index (χ3v) is 7.90. The van der Waals surface area contributed by atoms with Crippen molar-refractivity contribution >= 4 is 25.7 Å². The van der Waals surface area contributed by atoms with E-state index in [9.17, 15) is 26.4 Å². The summed E-state index contributed by atoms with van der Waals surface area (Å²) < 4.78 is 54.6. The maximum atomic E-state index is 13.5. The number of hydrogen-bond donors (Lipinski definition) is 0. The third kappa shape index (κ3) is 4.03. The molecule has 0 fully saturated rings. The zero-order chi connectivity index (χ0) is 23.5. The molecule has 0 saturated carbocycles. The van der Waals surface area contributed by atoms with E-state index in [1.165, 1.54) is 13.1 Å². The van der Waals surface area contributed by atoms with Crippen molar-refractivity contribution < 1.29 is 25.8 Å². The minimum absolute atomic E-state index is 0.0117. The molecule has 1 aliphatic rings. The van der Waals surface area contributed by atoms with E-state index in [2.05, 4.69) is 5.10 Å². The average Bonchev–Trinajstić information content (AvgIpc) is 2.62. The summed E-state index contributed by atoms with van der Waals surface area (Å²) in [5.74, 6) is -1.22. The predicted octanol–water partition coefficient (Wildman–Crippen LogP) is 1.42. The summed E-state index contributed by atoms with van der Waals surface area (Å²) in [6, 6.07) is 1.43. The standard InChI is InChI=1S/C20H24N2O7S2/c1-11-9-13(12(2)16-18(11)31(27,28)8-7-20(16,3)4)17(23)15-14(29-30(6,25)26)10-21-22(5)19(15)24/h9-10H,7-8H2,1-6H3. The van der Waals surface area contributed by atoms with Crippen LogP contribution in [0.4, 0.5) is 0 Å². The Kier molecular flexibility index (Phi) is 5.42. The zero-order valence-corrected chi connectivity index (χ0v) is 19.8. The molecule has 3 rings (SSSR count). The van der Waals surface area contributed by atoms with E-state index in [-0.39, 0.29) is 16.2 Å². The molecule has 1 aliphatic heterocycles. The van der Waals surface area contributed by atoms with Crippen LogP contribution in [-0.2, 0) is 32.4 Å². The lowest BCUT2D eigenvalue weighted by atomic mass is 9.77. The normalized spacial score (nSPS) is 17.1. The number of nitrogens with zero attached hydrogens (tertiary/aromatic N) is 2. The summed E-state index contributed by atoms with van der Waals surface area (Å²) in [5.41, 5.74) is -0.339. The Morgan fingerprint density at radius 3 is 2.45 bits per heavy atom. The van der Waals surface area contributed by atoms with Crippen LogP contribution in [0.1, 0.15) is 52.9 Å². The van der Waals surface area contributed by atoms with Gasteiger partial charge in [0.1, 0.15) is 5.56 Å². The average molecular weight is 469 g/mol. The Morgan fingerprint density at radius 1 is 1.26 bits per heavy atom. The molecule has 31 heavy (non-hydrogen) atoms. The molecule has 2 aromatic rings. The molecular weight excluding hydrogens is 444 g/mol. The van der Waals surface area contributed by atoms with Crippen molar-refractivity contribution in [2.45, 2.75) is 44.4 Å². The fourth-order valence-electron chi connectivity index (χ4n) is 4.05. The Morgan fingerprint density at radius 2 is 1.87 bits per heavy atom. The highest BCUT2D eigenvalue weighted by atomic mass is 32.2. The van der Waals surface area contributed by atoms with Crippen molar-refractivity contribution in [3.63, 3.8) is 0 Å². The highest BCUT2D eigenvalue weighted by molar-refractivity contribution is 7.91. The fourth-order valence-corrected chi connectivity index (χ4v) is 6.78. The van der Waals surface area contributed by atoms with Gasteiger partial charge < -0.3 is 4.18 Å². The second kappa shape index (κ2) is 7.27. The van der Waals surface area contributed by atoms with Gasteiger partial charge in [-0.2, -0.15) is 13.5 Å². The highest BCUT2D eigenvalue weighted by Gasteiger charge is 2.39. The summed E-state index contributed by atoms with van der Waals surface area (Å²) >= 11 is 0. The van der Waals surface area contributed by atoms with E-state index in [0.717, 1.165) is 17.1 Å². The first-order valence-corrected chi connectivity index (χ1v) is 12.9. The zero-order valence-electron chi connectivity index (χ0n) is 18.1. The minimum Gasteiger partial charge on any atom is -0.380 e. The van der Waals surface area contributed by atoms with Crippen LogP contribution in [0.2, 0.25) is 0 Å². The number of ketones is 1. The summed E-state index contributed by atoms with van der Waals surface area (Å²) in [7, 11) is -6.22. The number of benzene rings is 1. The SMILES string of the molecule is Cc1cc(C(=O)c2c(OS(C)(=O)=O)cnn(C)c2=O)c(C)c2c1S(=O)(=O)CCC2(C)C. The van der Waals surface area contributed by atoms with Gasteiger partial charge in [0.05, 0.1) is 23.1 Å². The van der Waals surface area contributed by atoms with Crippen molar-refractivity contribution in [3.05, 3.63) is 50.4 Å². The Bertz CT molecular complexity index is 1390. The van der Waals surface area contributed by atoms with Gasteiger partial charge in [-0.15, -0.1) is 0 Å². The van der Waals surface area contributed by atoms with Gasteiger partial charge in [-0.3, -0.25) is 9.59 Å². The van der Waals surface area contributed by atoms with Gasteiger partial charge in [0, 0.05) is 12.6 Å². The molecule has 9 nitrogen and oxygen atoms in total. The van der Waals surface area contributed by atoms with Crippen LogP contribution in [0.3, 0.4) is 0 Å². The molecule has 0 saturated heterocycles. The second-order valence-corrected chi connectivity index (χ2v) is 12.1. The Labute approximate surface area is 181 Å². The van der Waals surface area contributed by atoms with Crippen LogP contribution in [-0.4, -0.2) is 44.4 Å². The van der Waals surface area contributed by atoms with E-state index in [4.69, 9.17) is 4.18 Å². The largest absolute Gasteiger partial charge is 0.380 e. The van der Waals surface area contributed by atoms with Gasteiger partial charge in [0.15, 0.2) is 15.6 Å². The second-order valence-electron chi connectivity index (χ2n) is 8.45. The molecule has 0 N–H and O–H groups in total. The lowest BCUT2D eigenvalue weighted by molar-refractivity contribution is 0.103. The molecule has 1 aromatic carbocycles. The minimum atomic E-state index is -4.03. The topological polar surface area (TPSA) is 129 Å². The van der Waals surface area contributed by atoms with Crippen molar-refractivity contribution in [2.75, 3.05) is 12.0 Å². The van der Waals surface area contributed by atoms with E-state index < -0.39 is 48.0 Å². The molecule has 0 bridgehead atoms. The molecule has 0 unspecified atom stereocenters. The third-order valence-electron chi connectivity index (χ3n) is 5.52. The number of hydrogen-bond acceptors (Lipinski definition) is 8. The molecule has 0 aliphatic carbocycles. The number of aryl methyl sites for hydroxylation is 2. The number of aromatic nitrogens is 2. The monoisotopic (exact) mass is 468 g/mol. The van der Waals surface area contributed by atoms with E-state index in [1.807, 2.05) is 13.8 Å². The van der Waals surface area contributed by atoms with Gasteiger partial charge >= 0.3 is 10.1 Å². The predicted molar refractivity (Wildman–Crippen MR) is 114 cm³/mol. The van der Waals surface area contributed by atoms with E-state index in [0.29, 0.717) is 23.1 Å². The van der Waals surface area contributed by atoms with Crippen LogP contribution in [0.5, 0.6) is 5.75 Å². The molecule has 0 spiro atoms. The number of rotatable bonds is 4. The first-order valence-electron chi connectivity index (χ1n) is 9.45. The van der Waals surface area contributed by atoms with Crippen LogP contribution >= 0.6 is 0 Å². The summed E-state index contributed by atoms with van der Waals surface area (Å²) in [6.07, 6.45) is 2.17. The number of fused-ring (bicyclic) bond motifs is 1. The maximum absolute atomic E-state index is 13.5. The van der Waals surface area contributed by atoms with Crippen molar-refractivity contribution in [1.29, 1.82) is 0 Å².